The van der Waals surface area contributed by atoms with E-state index in [2.05, 4.69) is 104 Å². The zero-order chi connectivity index (χ0) is 36.3. The summed E-state index contributed by atoms with van der Waals surface area (Å²) in [6, 6.07) is 47.0. The van der Waals surface area contributed by atoms with Crippen molar-refractivity contribution in [1.82, 2.24) is 14.4 Å². The molecule has 0 radical (unpaired) electrons. The molecule has 0 unspecified atom stereocenters. The Morgan fingerprint density at radius 3 is 2.16 bits per heavy atom. The van der Waals surface area contributed by atoms with Gasteiger partial charge in [0.1, 0.15) is 22.3 Å². The van der Waals surface area contributed by atoms with Crippen molar-refractivity contribution in [1.29, 1.82) is 0 Å². The van der Waals surface area contributed by atoms with Crippen LogP contribution in [-0.2, 0) is 26.5 Å². The molecule has 0 saturated carbocycles. The molecule has 0 saturated heterocycles. The number of imidazole rings is 1. The van der Waals surface area contributed by atoms with E-state index in [0.29, 0.717) is 27.8 Å². The summed E-state index contributed by atoms with van der Waals surface area (Å²) < 4.78 is 15.1. The van der Waals surface area contributed by atoms with Crippen LogP contribution in [0.5, 0.6) is 5.75 Å². The summed E-state index contributed by atoms with van der Waals surface area (Å²) in [7, 11) is 0. The van der Waals surface area contributed by atoms with Crippen molar-refractivity contribution < 1.29 is 35.0 Å². The maximum Gasteiger partial charge on any atom is 0.177 e. The second-order valence-electron chi connectivity index (χ2n) is 15.1. The van der Waals surface area contributed by atoms with Crippen molar-refractivity contribution in [2.75, 3.05) is 0 Å². The summed E-state index contributed by atoms with van der Waals surface area (Å²) in [5, 5.41) is 16.2. The molecule has 11 rings (SSSR count). The van der Waals surface area contributed by atoms with E-state index in [9.17, 15) is 5.11 Å². The molecule has 5 aromatic heterocycles. The number of fused-ring (bicyclic) bond motifs is 13. The minimum Gasteiger partial charge on any atom is -0.504 e. The van der Waals surface area contributed by atoms with Crippen LogP contribution in [0.15, 0.2) is 142 Å². The topological polar surface area (TPSA) is 76.7 Å². The fourth-order valence-electron chi connectivity index (χ4n) is 8.07. The molecule has 0 spiro atoms. The monoisotopic (exact) mass is 893 g/mol. The zero-order valence-corrected chi connectivity index (χ0v) is 32.4. The van der Waals surface area contributed by atoms with Gasteiger partial charge in [0.25, 0.3) is 0 Å². The van der Waals surface area contributed by atoms with Gasteiger partial charge < -0.3 is 13.9 Å². The van der Waals surface area contributed by atoms with Crippen LogP contribution in [0.2, 0.25) is 0 Å². The molecule has 0 aliphatic heterocycles. The quantitative estimate of drug-likeness (QED) is 0.179. The van der Waals surface area contributed by atoms with Crippen molar-refractivity contribution in [3.63, 3.8) is 0 Å². The Morgan fingerprint density at radius 2 is 1.36 bits per heavy atom. The second kappa shape index (κ2) is 12.1. The molecule has 0 atom stereocenters. The predicted octanol–water partition coefficient (Wildman–Crippen LogP) is 12.6. The molecule has 7 heteroatoms. The molecule has 6 aromatic carbocycles. The van der Waals surface area contributed by atoms with Gasteiger partial charge in [-0.05, 0) is 52.9 Å². The van der Waals surface area contributed by atoms with Gasteiger partial charge in [0, 0.05) is 54.5 Å². The Morgan fingerprint density at radius 1 is 0.655 bits per heavy atom. The van der Waals surface area contributed by atoms with Crippen LogP contribution in [0.4, 0.5) is 0 Å². The Kier molecular flexibility index (Phi) is 7.36. The third-order valence-corrected chi connectivity index (χ3v) is 10.8. The summed E-state index contributed by atoms with van der Waals surface area (Å²) in [6.07, 6.45) is 1.87. The average Bonchev–Trinajstić information content (AvgIpc) is 3.90. The van der Waals surface area contributed by atoms with Gasteiger partial charge >= 0.3 is 0 Å². The smallest absolute Gasteiger partial charge is 0.177 e. The number of pyridine rings is 2. The molecule has 0 amide bonds. The number of hydrogen-bond donors (Lipinski definition) is 1. The maximum atomic E-state index is 12.1. The molecule has 6 nitrogen and oxygen atoms in total. The van der Waals surface area contributed by atoms with Gasteiger partial charge in [-0.15, -0.1) is 29.3 Å². The molecule has 55 heavy (non-hydrogen) atoms. The van der Waals surface area contributed by atoms with Crippen LogP contribution in [0, 0.1) is 6.07 Å². The number of phenolic OH excluding ortho intramolecular Hbond substituents is 1. The number of aromatic hydroxyl groups is 1. The van der Waals surface area contributed by atoms with E-state index in [0.717, 1.165) is 82.8 Å². The molecule has 11 aromatic rings. The average molecular weight is 894 g/mol. The molecule has 0 aliphatic rings. The first-order valence-electron chi connectivity index (χ1n) is 18.1. The van der Waals surface area contributed by atoms with E-state index in [1.54, 1.807) is 0 Å². The van der Waals surface area contributed by atoms with E-state index in [1.165, 1.54) is 0 Å². The largest absolute Gasteiger partial charge is 0.504 e. The Balaban J connectivity index is 0.00000372. The molecule has 0 fully saturated rings. The predicted molar refractivity (Wildman–Crippen MR) is 218 cm³/mol. The number of nitrogens with zero attached hydrogens (tertiary/aromatic N) is 3. The molecule has 1 N–H and O–H groups in total. The number of phenols is 1. The minimum atomic E-state index is -0.149. The number of furan rings is 2. The SMILES string of the molecule is CC(C)(C)c1cc(-c2cc(-c3ccccc3)ccn2)[c-]c(-c2cccc3c2nc2c4c(O)c5oc6ccccc6c5cc4c4oc5ccccc5c4n32)c1.[Pt]. The number of aromatic nitrogens is 3. The Bertz CT molecular complexity index is 3330. The first-order chi connectivity index (χ1) is 26.3. The molecular weight excluding hydrogens is 862 g/mol. The summed E-state index contributed by atoms with van der Waals surface area (Å²) in [5.41, 5.74) is 12.6. The van der Waals surface area contributed by atoms with E-state index < -0.39 is 0 Å². The molecular formula is C48H32N3O3Pt-. The molecule has 5 heterocycles. The van der Waals surface area contributed by atoms with Crippen molar-refractivity contribution in [3.8, 4) is 39.3 Å². The van der Waals surface area contributed by atoms with Crippen molar-refractivity contribution >= 4 is 71.5 Å². The first kappa shape index (κ1) is 33.3. The van der Waals surface area contributed by atoms with Gasteiger partial charge in [-0.1, -0.05) is 111 Å². The van der Waals surface area contributed by atoms with E-state index in [-0.39, 0.29) is 32.2 Å². The third-order valence-electron chi connectivity index (χ3n) is 10.8. The number of para-hydroxylation sites is 3. The van der Waals surface area contributed by atoms with Crippen LogP contribution < -0.4 is 0 Å². The zero-order valence-electron chi connectivity index (χ0n) is 30.1. The summed E-state index contributed by atoms with van der Waals surface area (Å²) in [4.78, 5) is 10.2. The Hall–Kier alpha value is -6.23. The summed E-state index contributed by atoms with van der Waals surface area (Å²) in [5.74, 6) is 0.0378. The first-order valence-corrected chi connectivity index (χ1v) is 18.1. The van der Waals surface area contributed by atoms with Crippen molar-refractivity contribution in [3.05, 3.63) is 145 Å². The van der Waals surface area contributed by atoms with Gasteiger partial charge in [-0.3, -0.25) is 9.38 Å². The Labute approximate surface area is 329 Å². The van der Waals surface area contributed by atoms with Crippen LogP contribution in [0.25, 0.3) is 105 Å². The molecule has 268 valence electrons. The van der Waals surface area contributed by atoms with E-state index in [4.69, 9.17) is 18.8 Å². The minimum absolute atomic E-state index is 0. The van der Waals surface area contributed by atoms with Gasteiger partial charge in [0.05, 0.1) is 16.4 Å². The van der Waals surface area contributed by atoms with Crippen LogP contribution in [0.3, 0.4) is 0 Å². The number of benzene rings is 6. The molecule has 0 bridgehead atoms. The fraction of sp³-hybridized carbons (Fsp3) is 0.0833. The summed E-state index contributed by atoms with van der Waals surface area (Å²) in [6.45, 7) is 6.68. The standard InChI is InChI=1S/C48H32N3O3.Pt/c1-48(2,3)31-23-29(22-30(24-31)37-25-28(20-21-49-37)27-12-5-4-6-13-27)32-16-11-17-38-42(32)50-47-41-36(45-43(51(38)47)34-15-8-10-19-40(34)53-45)26-35-33-14-7-9-18-39(33)54-46(35)44(41)52;/h4-21,23-26,52H,1-3H3;/q-1;. The van der Waals surface area contributed by atoms with E-state index >= 15 is 0 Å². The van der Waals surface area contributed by atoms with Crippen LogP contribution in [0.1, 0.15) is 26.3 Å². The fourth-order valence-corrected chi connectivity index (χ4v) is 8.07. The third kappa shape index (κ3) is 4.98. The molecule has 0 aliphatic carbocycles. The van der Waals surface area contributed by atoms with Gasteiger partial charge in [0.15, 0.2) is 16.9 Å². The van der Waals surface area contributed by atoms with Gasteiger partial charge in [-0.2, -0.15) is 0 Å². The number of rotatable bonds is 3. The van der Waals surface area contributed by atoms with E-state index in [1.807, 2.05) is 60.8 Å². The normalized spacial score (nSPS) is 12.2. The van der Waals surface area contributed by atoms with Crippen molar-refractivity contribution in [2.45, 2.75) is 26.2 Å². The van der Waals surface area contributed by atoms with Crippen molar-refractivity contribution in [2.24, 2.45) is 0 Å². The maximum absolute atomic E-state index is 12.1. The second-order valence-corrected chi connectivity index (χ2v) is 15.1. The number of hydrogen-bond acceptors (Lipinski definition) is 5. The summed E-state index contributed by atoms with van der Waals surface area (Å²) >= 11 is 0. The van der Waals surface area contributed by atoms with Crippen LogP contribution in [-0.4, -0.2) is 19.5 Å². The van der Waals surface area contributed by atoms with Gasteiger partial charge in [-0.25, -0.2) is 4.98 Å². The van der Waals surface area contributed by atoms with Gasteiger partial charge in [0.2, 0.25) is 0 Å². The van der Waals surface area contributed by atoms with Crippen LogP contribution >= 0.6 is 0 Å².